The molecular formula is C4H7BNO2S. The van der Waals surface area contributed by atoms with Gasteiger partial charge in [0, 0.05) is 0 Å². The van der Waals surface area contributed by atoms with Gasteiger partial charge in [-0.15, -0.1) is 0 Å². The fourth-order valence-electron chi connectivity index (χ4n) is 0.646. The number of hydrogen-bond acceptors (Lipinski definition) is 3. The van der Waals surface area contributed by atoms with E-state index >= 15 is 0 Å². The van der Waals surface area contributed by atoms with E-state index in [1.807, 2.05) is 14.1 Å². The summed E-state index contributed by atoms with van der Waals surface area (Å²) in [6, 6.07) is -0.0741. The molecule has 1 radical (unpaired) electrons. The minimum absolute atomic E-state index is 0.0741. The van der Waals surface area contributed by atoms with Gasteiger partial charge in [-0.1, -0.05) is 19.6 Å². The second-order valence-corrected chi connectivity index (χ2v) is 2.32. The Morgan fingerprint density at radius 2 is 2.67 bits per heavy atom. The lowest BCUT2D eigenvalue weighted by atomic mass is 9.75. The summed E-state index contributed by atoms with van der Waals surface area (Å²) in [7, 11) is 1.83. The van der Waals surface area contributed by atoms with E-state index < -0.39 is 0 Å². The minimum Gasteiger partial charge on any atom is -0.453 e. The van der Waals surface area contributed by atoms with Gasteiger partial charge >= 0.3 is 6.09 Å². The van der Waals surface area contributed by atoms with Crippen LogP contribution in [0.4, 0.5) is 4.79 Å². The maximum Gasteiger partial charge on any atom is 0.419 e. The van der Waals surface area contributed by atoms with Gasteiger partial charge in [-0.05, 0) is 0 Å². The second-order valence-electron chi connectivity index (χ2n) is 1.84. The highest BCUT2D eigenvalue weighted by Gasteiger charge is 2.27. The van der Waals surface area contributed by atoms with Gasteiger partial charge in [-0.25, -0.2) is 4.79 Å². The molecule has 49 valence electrons. The van der Waals surface area contributed by atoms with E-state index in [1.54, 1.807) is 0 Å². The molecule has 9 heavy (non-hydrogen) atoms. The van der Waals surface area contributed by atoms with Crippen molar-refractivity contribution in [1.82, 2.24) is 4.31 Å². The Morgan fingerprint density at radius 3 is 2.89 bits per heavy atom. The number of cyclic esters (lactones) is 1. The lowest BCUT2D eigenvalue weighted by Crippen LogP contribution is -2.17. The van der Waals surface area contributed by atoms with Crippen LogP contribution < -0.4 is 0 Å². The van der Waals surface area contributed by atoms with Crippen molar-refractivity contribution < 1.29 is 9.53 Å². The smallest absolute Gasteiger partial charge is 0.419 e. The van der Waals surface area contributed by atoms with Crippen LogP contribution in [0.3, 0.4) is 0 Å². The summed E-state index contributed by atoms with van der Waals surface area (Å²) in [5.41, 5.74) is 0. The van der Waals surface area contributed by atoms with Gasteiger partial charge in [0.2, 0.25) is 0 Å². The maximum atomic E-state index is 10.6. The molecule has 1 heterocycles. The molecule has 3 nitrogen and oxygen atoms in total. The fourth-order valence-corrected chi connectivity index (χ4v) is 0.854. The van der Waals surface area contributed by atoms with Crippen molar-refractivity contribution in [2.75, 3.05) is 6.54 Å². The molecule has 0 N–H and O–H groups in total. The minimum atomic E-state index is -0.360. The van der Waals surface area contributed by atoms with Gasteiger partial charge in [0.05, 0.1) is 12.5 Å². The van der Waals surface area contributed by atoms with Crippen molar-refractivity contribution >= 4 is 26.2 Å². The molecule has 0 aromatic heterocycles. The zero-order valence-electron chi connectivity index (χ0n) is 5.07. The molecule has 0 saturated carbocycles. The number of amides is 1. The van der Waals surface area contributed by atoms with E-state index in [-0.39, 0.29) is 12.1 Å². The van der Waals surface area contributed by atoms with Gasteiger partial charge in [0.15, 0.2) is 7.28 Å². The molecule has 1 saturated heterocycles. The Bertz CT molecular complexity index is 132. The van der Waals surface area contributed by atoms with Crippen molar-refractivity contribution in [1.29, 1.82) is 0 Å². The number of ether oxygens (including phenoxy) is 1. The van der Waals surface area contributed by atoms with E-state index in [9.17, 15) is 4.79 Å². The van der Waals surface area contributed by atoms with Crippen LogP contribution in [-0.4, -0.2) is 30.2 Å². The summed E-state index contributed by atoms with van der Waals surface area (Å²) in [5.74, 6) is 0. The molecule has 1 fully saturated rings. The molecule has 0 bridgehead atoms. The number of hydrogen-bond donors (Lipinski definition) is 1. The monoisotopic (exact) mass is 144 g/mol. The number of carbonyl (C=O) groups is 1. The van der Waals surface area contributed by atoms with Crippen molar-refractivity contribution in [2.24, 2.45) is 0 Å². The zero-order chi connectivity index (χ0) is 6.85. The van der Waals surface area contributed by atoms with Gasteiger partial charge in [0.1, 0.15) is 0 Å². The third-order valence-electron chi connectivity index (χ3n) is 1.19. The summed E-state index contributed by atoms with van der Waals surface area (Å²) in [6.07, 6.45) is -0.360. The molecule has 0 aromatic rings. The Hall–Kier alpha value is -0.315. The van der Waals surface area contributed by atoms with Crippen LogP contribution >= 0.6 is 12.8 Å². The normalized spacial score (nSPS) is 26.2. The van der Waals surface area contributed by atoms with Gasteiger partial charge in [-0.3, -0.25) is 4.31 Å². The van der Waals surface area contributed by atoms with Gasteiger partial charge < -0.3 is 4.74 Å². The van der Waals surface area contributed by atoms with E-state index in [0.717, 1.165) is 0 Å². The summed E-state index contributed by atoms with van der Waals surface area (Å²) in [4.78, 5) is 10.6. The van der Waals surface area contributed by atoms with Crippen LogP contribution in [0.5, 0.6) is 0 Å². The SMILES string of the molecule is C[B]C1CN(S)C(=O)O1. The largest absolute Gasteiger partial charge is 0.453 e. The second kappa shape index (κ2) is 2.52. The number of carbonyl (C=O) groups excluding carboxylic acids is 1. The van der Waals surface area contributed by atoms with Crippen LogP contribution in [0.15, 0.2) is 0 Å². The molecule has 0 spiro atoms. The Morgan fingerprint density at radius 1 is 2.00 bits per heavy atom. The van der Waals surface area contributed by atoms with Crippen LogP contribution in [0.2, 0.25) is 6.82 Å². The third-order valence-corrected chi connectivity index (χ3v) is 1.51. The molecule has 5 heteroatoms. The molecule has 1 amide bonds. The first-order valence-corrected chi connectivity index (χ1v) is 3.10. The molecule has 1 aliphatic heterocycles. The van der Waals surface area contributed by atoms with Crippen LogP contribution in [0.25, 0.3) is 0 Å². The van der Waals surface area contributed by atoms with E-state index in [1.165, 1.54) is 4.31 Å². The fraction of sp³-hybridized carbons (Fsp3) is 0.750. The molecule has 1 atom stereocenters. The number of rotatable bonds is 1. The Labute approximate surface area is 60.1 Å². The van der Waals surface area contributed by atoms with E-state index in [2.05, 4.69) is 12.8 Å². The van der Waals surface area contributed by atoms with Crippen LogP contribution in [0, 0.1) is 0 Å². The van der Waals surface area contributed by atoms with Crippen LogP contribution in [-0.2, 0) is 4.74 Å². The number of thiol groups is 1. The average molecular weight is 144 g/mol. The van der Waals surface area contributed by atoms with Crippen molar-refractivity contribution in [3.8, 4) is 0 Å². The van der Waals surface area contributed by atoms with Crippen molar-refractivity contribution in [3.63, 3.8) is 0 Å². The van der Waals surface area contributed by atoms with E-state index in [4.69, 9.17) is 4.74 Å². The Kier molecular flexibility index (Phi) is 1.90. The summed E-state index contributed by atoms with van der Waals surface area (Å²) >= 11 is 3.84. The quantitative estimate of drug-likeness (QED) is 0.425. The first-order chi connectivity index (χ1) is 4.24. The summed E-state index contributed by atoms with van der Waals surface area (Å²) in [6.45, 7) is 2.41. The van der Waals surface area contributed by atoms with E-state index in [0.29, 0.717) is 6.54 Å². The molecule has 1 aliphatic rings. The van der Waals surface area contributed by atoms with Crippen LogP contribution in [0.1, 0.15) is 0 Å². The summed E-state index contributed by atoms with van der Waals surface area (Å²) < 4.78 is 6.03. The van der Waals surface area contributed by atoms with Gasteiger partial charge in [-0.2, -0.15) is 0 Å². The summed E-state index contributed by atoms with van der Waals surface area (Å²) in [5, 5.41) is 0. The lowest BCUT2D eigenvalue weighted by molar-refractivity contribution is 0.161. The zero-order valence-corrected chi connectivity index (χ0v) is 5.97. The standard InChI is InChI=1S/C4H7BNO2S/c1-5-3-2-6(9)4(7)8-3/h3,9H,2H2,1H3. The third kappa shape index (κ3) is 1.33. The average Bonchev–Trinajstić information content (AvgIpc) is 2.13. The Balaban J connectivity index is 2.44. The molecular weight excluding hydrogens is 137 g/mol. The van der Waals surface area contributed by atoms with Gasteiger partial charge in [0.25, 0.3) is 0 Å². The first kappa shape index (κ1) is 6.80. The molecule has 1 unspecified atom stereocenters. The molecule has 0 aliphatic carbocycles. The lowest BCUT2D eigenvalue weighted by Gasteiger charge is -1.99. The first-order valence-electron chi connectivity index (χ1n) is 2.70. The van der Waals surface area contributed by atoms with Crippen molar-refractivity contribution in [2.45, 2.75) is 12.8 Å². The molecule has 1 rings (SSSR count). The maximum absolute atomic E-state index is 10.6. The predicted molar refractivity (Wildman–Crippen MR) is 37.6 cm³/mol. The topological polar surface area (TPSA) is 29.5 Å². The highest BCUT2D eigenvalue weighted by molar-refractivity contribution is 7.78. The molecule has 0 aromatic carbocycles. The number of nitrogens with zero attached hydrogens (tertiary/aromatic N) is 1. The van der Waals surface area contributed by atoms with Crippen molar-refractivity contribution in [3.05, 3.63) is 0 Å². The highest BCUT2D eigenvalue weighted by Crippen LogP contribution is 2.11. The highest BCUT2D eigenvalue weighted by atomic mass is 32.1. The predicted octanol–water partition coefficient (Wildman–Crippen LogP) is 0.362.